The minimum Gasteiger partial charge on any atom is -0.508 e. The van der Waals surface area contributed by atoms with Crippen LogP contribution in [0.15, 0.2) is 23.0 Å². The fourth-order valence-corrected chi connectivity index (χ4v) is 7.04. The number of hydrogen-bond donors (Lipinski definition) is 5. The minimum atomic E-state index is -5.06. The Hall–Kier alpha value is -3.56. The van der Waals surface area contributed by atoms with Gasteiger partial charge in [-0.1, -0.05) is 0 Å². The molecule has 1 amide bonds. The van der Waals surface area contributed by atoms with Crippen molar-refractivity contribution in [1.29, 1.82) is 0 Å². The number of primary amides is 1. The third-order valence-corrected chi connectivity index (χ3v) is 8.73. The topological polar surface area (TPSA) is 165 Å². The van der Waals surface area contributed by atoms with E-state index in [4.69, 9.17) is 5.73 Å². The van der Waals surface area contributed by atoms with Gasteiger partial charge in [0.2, 0.25) is 5.78 Å². The molecule has 1 saturated heterocycles. The monoisotopic (exact) mass is 601 g/mol. The van der Waals surface area contributed by atoms with Crippen molar-refractivity contribution in [3.8, 4) is 5.75 Å². The van der Waals surface area contributed by atoms with E-state index in [1.54, 1.807) is 0 Å². The van der Waals surface area contributed by atoms with E-state index in [-0.39, 0.29) is 6.54 Å². The fourth-order valence-electron chi connectivity index (χ4n) is 7.04. The largest absolute Gasteiger partial charge is 0.508 e. The predicted octanol–water partition coefficient (Wildman–Crippen LogP) is 1.82. The highest BCUT2D eigenvalue weighted by molar-refractivity contribution is 6.24. The van der Waals surface area contributed by atoms with Crippen LogP contribution in [0.1, 0.15) is 35.1 Å². The smallest absolute Gasteiger partial charge is 0.417 e. The lowest BCUT2D eigenvalue weighted by molar-refractivity contribution is -0.153. The first-order valence-electron chi connectivity index (χ1n) is 13.0. The van der Waals surface area contributed by atoms with E-state index in [2.05, 4.69) is 0 Å². The molecule has 5 rings (SSSR count). The number of phenols is 1. The van der Waals surface area contributed by atoms with Crippen LogP contribution in [0.25, 0.3) is 5.76 Å². The zero-order chi connectivity index (χ0) is 31.3. The lowest BCUT2D eigenvalue weighted by Crippen LogP contribution is -2.65. The molecule has 15 heteroatoms. The van der Waals surface area contributed by atoms with Gasteiger partial charge in [-0.2, -0.15) is 13.2 Å². The molecule has 1 aliphatic heterocycles. The highest BCUT2D eigenvalue weighted by Crippen LogP contribution is 2.54. The number of fused-ring (bicyclic) bond motifs is 3. The van der Waals surface area contributed by atoms with Crippen molar-refractivity contribution in [2.75, 3.05) is 27.2 Å². The number of phenolic OH excluding ortho intramolecular Hbond substituents is 1. The zero-order valence-electron chi connectivity index (χ0n) is 22.4. The Bertz CT molecular complexity index is 1480. The Balaban J connectivity index is 1.70. The number of nitrogens with two attached hydrogens (primary N) is 1. The number of aromatic hydroxyl groups is 1. The van der Waals surface area contributed by atoms with Gasteiger partial charge in [0, 0.05) is 31.0 Å². The van der Waals surface area contributed by atoms with Gasteiger partial charge in [0.05, 0.1) is 23.7 Å². The van der Waals surface area contributed by atoms with Crippen molar-refractivity contribution < 1.29 is 56.8 Å². The lowest BCUT2D eigenvalue weighted by atomic mass is 9.57. The van der Waals surface area contributed by atoms with Gasteiger partial charge in [0.15, 0.2) is 11.4 Å². The number of rotatable bonds is 4. The molecule has 0 unspecified atom stereocenters. The second kappa shape index (κ2) is 9.47. The maximum Gasteiger partial charge on any atom is 0.417 e. The van der Waals surface area contributed by atoms with E-state index in [9.17, 15) is 56.8 Å². The van der Waals surface area contributed by atoms with E-state index in [1.807, 2.05) is 0 Å². The molecule has 0 bridgehead atoms. The second-order valence-corrected chi connectivity index (χ2v) is 11.6. The van der Waals surface area contributed by atoms with Crippen molar-refractivity contribution in [2.24, 2.45) is 17.6 Å². The number of benzene rings is 1. The Morgan fingerprint density at radius 3 is 2.36 bits per heavy atom. The zero-order valence-corrected chi connectivity index (χ0v) is 22.4. The number of carbonyl (C=O) groups excluding carboxylic acids is 3. The summed E-state index contributed by atoms with van der Waals surface area (Å²) in [6.45, 7) is -1.53. The second-order valence-electron chi connectivity index (χ2n) is 11.6. The average molecular weight is 602 g/mol. The number of halogens is 5. The summed E-state index contributed by atoms with van der Waals surface area (Å²) in [6.07, 6.45) is -6.58. The van der Waals surface area contributed by atoms with Crippen LogP contribution in [-0.4, -0.2) is 92.4 Å². The third kappa shape index (κ3) is 4.28. The molecule has 6 N–H and O–H groups in total. The molecule has 3 aliphatic carbocycles. The summed E-state index contributed by atoms with van der Waals surface area (Å²) in [6, 6.07) is -0.703. The van der Waals surface area contributed by atoms with Crippen molar-refractivity contribution in [3.05, 3.63) is 45.2 Å². The first kappa shape index (κ1) is 29.9. The van der Waals surface area contributed by atoms with Crippen molar-refractivity contribution >= 4 is 23.2 Å². The molecule has 1 aromatic rings. The lowest BCUT2D eigenvalue weighted by Gasteiger charge is -2.50. The number of aliphatic hydroxyl groups excluding tert-OH is 2. The van der Waals surface area contributed by atoms with Gasteiger partial charge in [-0.25, -0.2) is 8.78 Å². The molecule has 2 fully saturated rings. The molecule has 0 spiro atoms. The summed E-state index contributed by atoms with van der Waals surface area (Å²) in [5.41, 5.74) is -2.36. The van der Waals surface area contributed by atoms with Crippen LogP contribution in [0.2, 0.25) is 0 Å². The number of aliphatic hydroxyl groups is 3. The van der Waals surface area contributed by atoms with E-state index in [1.165, 1.54) is 19.0 Å². The van der Waals surface area contributed by atoms with Gasteiger partial charge >= 0.3 is 6.18 Å². The van der Waals surface area contributed by atoms with Gasteiger partial charge in [0.25, 0.3) is 11.8 Å². The Morgan fingerprint density at radius 2 is 1.83 bits per heavy atom. The number of amides is 1. The highest BCUT2D eigenvalue weighted by Gasteiger charge is 2.64. The van der Waals surface area contributed by atoms with Crippen LogP contribution in [-0.2, 0) is 33.5 Å². The molecule has 1 heterocycles. The number of alkyl halides is 5. The Labute approximate surface area is 235 Å². The number of likely N-dealkylation sites (tertiary alicyclic amines) is 1. The number of ketones is 2. The third-order valence-electron chi connectivity index (χ3n) is 8.73. The van der Waals surface area contributed by atoms with Crippen LogP contribution in [0.3, 0.4) is 0 Å². The molecule has 10 nitrogen and oxygen atoms in total. The molecule has 0 radical (unpaired) electrons. The number of carbonyl (C=O) groups is 3. The van der Waals surface area contributed by atoms with Crippen molar-refractivity contribution in [3.63, 3.8) is 0 Å². The Morgan fingerprint density at radius 1 is 1.19 bits per heavy atom. The molecule has 228 valence electrons. The fraction of sp³-hybridized carbons (Fsp3) is 0.519. The predicted molar refractivity (Wildman–Crippen MR) is 134 cm³/mol. The summed E-state index contributed by atoms with van der Waals surface area (Å²) >= 11 is 0. The maximum absolute atomic E-state index is 14.6. The van der Waals surface area contributed by atoms with Crippen molar-refractivity contribution in [2.45, 2.75) is 49.5 Å². The summed E-state index contributed by atoms with van der Waals surface area (Å²) < 4.78 is 71.2. The molecule has 0 aromatic heterocycles. The van der Waals surface area contributed by atoms with Gasteiger partial charge in [-0.15, -0.1) is 0 Å². The number of likely N-dealkylation sites (N-methyl/N-ethyl adjacent to an activating group) is 1. The number of hydrogen-bond acceptors (Lipinski definition) is 9. The van der Waals surface area contributed by atoms with Crippen molar-refractivity contribution in [1.82, 2.24) is 9.80 Å². The number of nitrogens with zero attached hydrogens (tertiary/aromatic N) is 2. The standard InChI is InChI=1S/C27H28F5N3O7/c1-34(2)19-13-6-10-5-12-16(20(37)15(10)22(39)26(13,42)23(40)17(21(19)38)24(33)41)14(36)7-11(18(12)27(30,31)32)8-35-4-3-25(28,29)9-35/h7,10,13,19,36-37,40,42H,3-6,8-9H2,1-2H3,(H2,33,41)/t10-,13-,19-,26-/m0/s1. The van der Waals surface area contributed by atoms with E-state index in [0.29, 0.717) is 6.07 Å². The SMILES string of the molecule is CN(C)[C@@H]1C(=O)C(C(N)=O)=C(O)[C@@]2(O)C(=O)C3=C(O)c4c(O)cc(CN5CCC(F)(F)C5)c(C(F)(F)F)c4C[C@H]3C[C@@H]12. The first-order chi connectivity index (χ1) is 19.3. The van der Waals surface area contributed by atoms with E-state index in [0.717, 1.165) is 4.90 Å². The molecular weight excluding hydrogens is 573 g/mol. The van der Waals surface area contributed by atoms with Gasteiger partial charge < -0.3 is 26.2 Å². The molecule has 1 saturated carbocycles. The molecular formula is C27H28F5N3O7. The minimum absolute atomic E-state index is 0.181. The summed E-state index contributed by atoms with van der Waals surface area (Å²) in [5, 5.41) is 44.4. The Kier molecular flexibility index (Phi) is 6.75. The van der Waals surface area contributed by atoms with E-state index < -0.39 is 136 Å². The van der Waals surface area contributed by atoms with Crippen LogP contribution in [0.4, 0.5) is 22.0 Å². The molecule has 4 atom stereocenters. The first-order valence-corrected chi connectivity index (χ1v) is 13.0. The van der Waals surface area contributed by atoms with Crippen LogP contribution >= 0.6 is 0 Å². The van der Waals surface area contributed by atoms with E-state index >= 15 is 0 Å². The molecule has 1 aromatic carbocycles. The van der Waals surface area contributed by atoms with Gasteiger partial charge in [0.1, 0.15) is 22.8 Å². The van der Waals surface area contributed by atoms with Crippen LogP contribution < -0.4 is 5.73 Å². The van der Waals surface area contributed by atoms with Crippen LogP contribution in [0.5, 0.6) is 5.75 Å². The maximum atomic E-state index is 14.6. The van der Waals surface area contributed by atoms with Gasteiger partial charge in [-0.3, -0.25) is 24.2 Å². The van der Waals surface area contributed by atoms with Gasteiger partial charge in [-0.05, 0) is 50.0 Å². The molecule has 42 heavy (non-hydrogen) atoms. The quantitative estimate of drug-likeness (QED) is 0.256. The summed E-state index contributed by atoms with van der Waals surface area (Å²) in [7, 11) is 2.78. The summed E-state index contributed by atoms with van der Waals surface area (Å²) in [5.74, 6) is -12.8. The average Bonchev–Trinajstić information content (AvgIpc) is 3.17. The molecule has 4 aliphatic rings. The normalized spacial score (nSPS) is 29.6. The summed E-state index contributed by atoms with van der Waals surface area (Å²) in [4.78, 5) is 41.4. The number of Topliss-reactive ketones (excluding diaryl/α,β-unsaturated/α-hetero) is 2. The highest BCUT2D eigenvalue weighted by atomic mass is 19.4. The van der Waals surface area contributed by atoms with Crippen LogP contribution in [0, 0.1) is 11.8 Å².